The van der Waals surface area contributed by atoms with Crippen molar-refractivity contribution in [3.05, 3.63) is 78.5 Å². The quantitative estimate of drug-likeness (QED) is 0.540. The summed E-state index contributed by atoms with van der Waals surface area (Å²) < 4.78 is 0. The minimum atomic E-state index is 0.863. The molecule has 1 aromatic heterocycles. The van der Waals surface area contributed by atoms with Crippen LogP contribution in [0.25, 0.3) is 22.4 Å². The summed E-state index contributed by atoms with van der Waals surface area (Å²) in [4.78, 5) is 4.55. The number of benzene rings is 2. The van der Waals surface area contributed by atoms with Gasteiger partial charge in [-0.15, -0.1) is 0 Å². The van der Waals surface area contributed by atoms with E-state index < -0.39 is 0 Å². The number of rotatable bonds is 4. The van der Waals surface area contributed by atoms with Crippen LogP contribution in [0.3, 0.4) is 0 Å². The average Bonchev–Trinajstić information content (AvgIpc) is 3.07. The molecule has 0 saturated heterocycles. The zero-order chi connectivity index (χ0) is 17.1. The predicted molar refractivity (Wildman–Crippen MR) is 105 cm³/mol. The van der Waals surface area contributed by atoms with Crippen LogP contribution >= 0.6 is 0 Å². The molecular weight excluding hydrogens is 302 g/mol. The van der Waals surface area contributed by atoms with Gasteiger partial charge in [0, 0.05) is 11.8 Å². The Morgan fingerprint density at radius 2 is 1.64 bits per heavy atom. The van der Waals surface area contributed by atoms with E-state index in [1.807, 2.05) is 12.3 Å². The van der Waals surface area contributed by atoms with Gasteiger partial charge in [-0.1, -0.05) is 67.9 Å². The molecule has 126 valence electrons. The Morgan fingerprint density at radius 3 is 2.44 bits per heavy atom. The smallest absolute Gasteiger partial charge is 0.0708 e. The van der Waals surface area contributed by atoms with Gasteiger partial charge in [0.25, 0.3) is 0 Å². The Kier molecular flexibility index (Phi) is 4.65. The standard InChI is InChI=1S/C24H25N/c1-18-10-11-20(14-18)15-19-6-5-9-22(16-19)23-12-13-25-24(17-23)21-7-3-2-4-8-21/h2-9,12-13,16-18,20H,10-11,14-15H2,1H3. The molecule has 1 aliphatic carbocycles. The van der Waals surface area contributed by atoms with Crippen LogP contribution in [0, 0.1) is 11.8 Å². The molecular formula is C24H25N. The molecule has 25 heavy (non-hydrogen) atoms. The highest BCUT2D eigenvalue weighted by atomic mass is 14.7. The highest BCUT2D eigenvalue weighted by Gasteiger charge is 2.21. The van der Waals surface area contributed by atoms with E-state index in [9.17, 15) is 0 Å². The third-order valence-corrected chi connectivity index (χ3v) is 5.42. The van der Waals surface area contributed by atoms with Gasteiger partial charge in [-0.2, -0.15) is 0 Å². The van der Waals surface area contributed by atoms with Crippen molar-refractivity contribution in [3.8, 4) is 22.4 Å². The van der Waals surface area contributed by atoms with Gasteiger partial charge in [-0.25, -0.2) is 0 Å². The fourth-order valence-electron chi connectivity index (χ4n) is 4.10. The summed E-state index contributed by atoms with van der Waals surface area (Å²) >= 11 is 0. The number of pyridine rings is 1. The Balaban J connectivity index is 1.59. The lowest BCUT2D eigenvalue weighted by Crippen LogP contribution is -1.99. The molecule has 2 aromatic carbocycles. The molecule has 1 nitrogen and oxygen atoms in total. The first kappa shape index (κ1) is 16.1. The van der Waals surface area contributed by atoms with Crippen molar-refractivity contribution in [3.63, 3.8) is 0 Å². The highest BCUT2D eigenvalue weighted by Crippen LogP contribution is 2.33. The second-order valence-corrected chi connectivity index (χ2v) is 7.48. The Labute approximate surface area is 150 Å². The van der Waals surface area contributed by atoms with Crippen LogP contribution in [-0.2, 0) is 6.42 Å². The summed E-state index contributed by atoms with van der Waals surface area (Å²) in [6.45, 7) is 2.39. The fraction of sp³-hybridized carbons (Fsp3) is 0.292. The zero-order valence-corrected chi connectivity index (χ0v) is 14.9. The van der Waals surface area contributed by atoms with Gasteiger partial charge >= 0.3 is 0 Å². The summed E-state index contributed by atoms with van der Waals surface area (Å²) in [5.41, 5.74) is 6.21. The van der Waals surface area contributed by atoms with Crippen LogP contribution in [0.5, 0.6) is 0 Å². The fourth-order valence-corrected chi connectivity index (χ4v) is 4.10. The van der Waals surface area contributed by atoms with Gasteiger partial charge in [0.2, 0.25) is 0 Å². The van der Waals surface area contributed by atoms with Crippen molar-refractivity contribution in [2.75, 3.05) is 0 Å². The van der Waals surface area contributed by atoms with Gasteiger partial charge < -0.3 is 0 Å². The van der Waals surface area contributed by atoms with Crippen LogP contribution < -0.4 is 0 Å². The summed E-state index contributed by atoms with van der Waals surface area (Å²) in [6.07, 6.45) is 7.31. The molecule has 0 aliphatic heterocycles. The summed E-state index contributed by atoms with van der Waals surface area (Å²) in [5, 5.41) is 0. The lowest BCUT2D eigenvalue weighted by molar-refractivity contribution is 0.513. The number of hydrogen-bond donors (Lipinski definition) is 0. The normalized spacial score (nSPS) is 19.9. The van der Waals surface area contributed by atoms with E-state index in [-0.39, 0.29) is 0 Å². The molecule has 0 bridgehead atoms. The zero-order valence-electron chi connectivity index (χ0n) is 14.9. The lowest BCUT2D eigenvalue weighted by Gasteiger charge is -2.11. The Bertz CT molecular complexity index is 837. The van der Waals surface area contributed by atoms with Crippen LogP contribution in [-0.4, -0.2) is 4.98 Å². The second-order valence-electron chi connectivity index (χ2n) is 7.48. The average molecular weight is 327 g/mol. The van der Waals surface area contributed by atoms with Gasteiger partial charge in [0.15, 0.2) is 0 Å². The highest BCUT2D eigenvalue weighted by molar-refractivity contribution is 5.70. The van der Waals surface area contributed by atoms with Crippen molar-refractivity contribution >= 4 is 0 Å². The molecule has 2 atom stereocenters. The van der Waals surface area contributed by atoms with E-state index in [2.05, 4.69) is 72.6 Å². The van der Waals surface area contributed by atoms with E-state index >= 15 is 0 Å². The maximum Gasteiger partial charge on any atom is 0.0708 e. The first-order valence-electron chi connectivity index (χ1n) is 9.39. The first-order chi connectivity index (χ1) is 12.3. The molecule has 2 unspecified atom stereocenters. The molecule has 0 radical (unpaired) electrons. The SMILES string of the molecule is CC1CCC(Cc2cccc(-c3ccnc(-c4ccccc4)c3)c2)C1. The molecule has 0 spiro atoms. The van der Waals surface area contributed by atoms with E-state index in [1.54, 1.807) is 0 Å². The monoisotopic (exact) mass is 327 g/mol. The van der Waals surface area contributed by atoms with Crippen LogP contribution in [0.1, 0.15) is 31.7 Å². The van der Waals surface area contributed by atoms with Gasteiger partial charge in [0.1, 0.15) is 0 Å². The Hall–Kier alpha value is -2.41. The minimum Gasteiger partial charge on any atom is -0.256 e. The maximum absolute atomic E-state index is 4.55. The molecule has 3 aromatic rings. The minimum absolute atomic E-state index is 0.863. The summed E-state index contributed by atoms with van der Waals surface area (Å²) in [7, 11) is 0. The maximum atomic E-state index is 4.55. The molecule has 1 saturated carbocycles. The van der Waals surface area contributed by atoms with E-state index in [1.165, 1.54) is 47.9 Å². The predicted octanol–water partition coefficient (Wildman–Crippen LogP) is 6.39. The number of aromatic nitrogens is 1. The van der Waals surface area contributed by atoms with E-state index in [0.717, 1.165) is 17.5 Å². The van der Waals surface area contributed by atoms with Crippen molar-refractivity contribution in [1.82, 2.24) is 4.98 Å². The summed E-state index contributed by atoms with van der Waals surface area (Å²) in [5.74, 6) is 1.77. The number of hydrogen-bond acceptors (Lipinski definition) is 1. The summed E-state index contributed by atoms with van der Waals surface area (Å²) in [6, 6.07) is 23.8. The third kappa shape index (κ3) is 3.82. The van der Waals surface area contributed by atoms with Gasteiger partial charge in [-0.3, -0.25) is 4.98 Å². The third-order valence-electron chi connectivity index (χ3n) is 5.42. The van der Waals surface area contributed by atoms with Crippen molar-refractivity contribution in [2.45, 2.75) is 32.6 Å². The molecule has 1 aliphatic rings. The largest absolute Gasteiger partial charge is 0.256 e. The second kappa shape index (κ2) is 7.23. The molecule has 0 N–H and O–H groups in total. The van der Waals surface area contributed by atoms with Crippen molar-refractivity contribution in [2.24, 2.45) is 11.8 Å². The lowest BCUT2D eigenvalue weighted by atomic mass is 9.94. The molecule has 1 heterocycles. The first-order valence-corrected chi connectivity index (χ1v) is 9.39. The van der Waals surface area contributed by atoms with Gasteiger partial charge in [0.05, 0.1) is 5.69 Å². The van der Waals surface area contributed by atoms with Crippen LogP contribution in [0.2, 0.25) is 0 Å². The van der Waals surface area contributed by atoms with Gasteiger partial charge in [-0.05, 0) is 59.9 Å². The Morgan fingerprint density at radius 1 is 0.840 bits per heavy atom. The van der Waals surface area contributed by atoms with Crippen molar-refractivity contribution < 1.29 is 0 Å². The number of nitrogens with zero attached hydrogens (tertiary/aromatic N) is 1. The van der Waals surface area contributed by atoms with Crippen LogP contribution in [0.4, 0.5) is 0 Å². The molecule has 1 heteroatoms. The van der Waals surface area contributed by atoms with E-state index in [4.69, 9.17) is 0 Å². The van der Waals surface area contributed by atoms with Crippen molar-refractivity contribution in [1.29, 1.82) is 0 Å². The van der Waals surface area contributed by atoms with Crippen LogP contribution in [0.15, 0.2) is 72.9 Å². The molecule has 4 rings (SSSR count). The molecule has 1 fully saturated rings. The van der Waals surface area contributed by atoms with E-state index in [0.29, 0.717) is 0 Å². The topological polar surface area (TPSA) is 12.9 Å². The molecule has 0 amide bonds.